The average Bonchev–Trinajstić information content (AvgIpc) is 3.20. The molecule has 1 aliphatic heterocycles. The molecule has 2 atom stereocenters. The summed E-state index contributed by atoms with van der Waals surface area (Å²) < 4.78 is 5.54. The van der Waals surface area contributed by atoms with Gasteiger partial charge >= 0.3 is 6.03 Å². The number of carbonyl (C=O) groups excluding carboxylic acids is 3. The summed E-state index contributed by atoms with van der Waals surface area (Å²) in [6.07, 6.45) is 0.170. The molecule has 1 heterocycles. The molecular weight excluding hydrogens is 372 g/mol. The van der Waals surface area contributed by atoms with Crippen LogP contribution < -0.4 is 10.1 Å². The van der Waals surface area contributed by atoms with E-state index in [0.29, 0.717) is 24.2 Å². The highest BCUT2D eigenvalue weighted by Gasteiger charge is 2.55. The van der Waals surface area contributed by atoms with E-state index >= 15 is 0 Å². The van der Waals surface area contributed by atoms with Gasteiger partial charge in [0, 0.05) is 5.56 Å². The van der Waals surface area contributed by atoms with Crippen LogP contribution in [0.1, 0.15) is 34.8 Å². The molecule has 0 radical (unpaired) electrons. The van der Waals surface area contributed by atoms with Crippen LogP contribution in [-0.2, 0) is 16.8 Å². The topological polar surface area (TPSA) is 95.9 Å². The van der Waals surface area contributed by atoms with Crippen molar-refractivity contribution in [2.45, 2.75) is 31.4 Å². The second-order valence-electron chi connectivity index (χ2n) is 7.46. The van der Waals surface area contributed by atoms with E-state index in [1.165, 1.54) is 6.92 Å². The molecule has 3 amide bonds. The maximum atomic E-state index is 13.1. The number of aliphatic hydroxyl groups is 1. The number of hydrogen-bond donors (Lipinski definition) is 2. The number of ketones is 1. The number of benzene rings is 2. The lowest BCUT2D eigenvalue weighted by molar-refractivity contribution is -0.132. The molecule has 0 bridgehead atoms. The van der Waals surface area contributed by atoms with Crippen molar-refractivity contribution in [1.29, 1.82) is 0 Å². The molecule has 2 N–H and O–H groups in total. The zero-order chi connectivity index (χ0) is 20.6. The van der Waals surface area contributed by atoms with Crippen LogP contribution in [0.15, 0.2) is 48.5 Å². The Balaban J connectivity index is 1.42. The second-order valence-corrected chi connectivity index (χ2v) is 7.46. The molecule has 1 spiro atoms. The van der Waals surface area contributed by atoms with Gasteiger partial charge in [0.15, 0.2) is 5.78 Å². The van der Waals surface area contributed by atoms with Gasteiger partial charge in [0.2, 0.25) is 0 Å². The summed E-state index contributed by atoms with van der Waals surface area (Å²) in [5.41, 5.74) is 1.35. The third kappa shape index (κ3) is 3.38. The zero-order valence-corrected chi connectivity index (χ0v) is 16.1. The fourth-order valence-corrected chi connectivity index (χ4v) is 4.02. The van der Waals surface area contributed by atoms with Crippen molar-refractivity contribution in [3.8, 4) is 5.75 Å². The number of carbonyl (C=O) groups is 3. The van der Waals surface area contributed by atoms with Crippen molar-refractivity contribution in [3.05, 3.63) is 65.2 Å². The molecule has 0 aromatic heterocycles. The number of imide groups is 1. The van der Waals surface area contributed by atoms with Gasteiger partial charge < -0.3 is 15.2 Å². The maximum absolute atomic E-state index is 13.1. The highest BCUT2D eigenvalue weighted by atomic mass is 16.5. The number of hydrogen-bond acceptors (Lipinski definition) is 5. The number of aryl methyl sites for hydroxylation is 1. The minimum atomic E-state index is -1.06. The number of fused-ring (bicyclic) bond motifs is 2. The number of ether oxygens (including phenoxy) is 1. The number of β-amino-alcohol motifs (C(OH)–C–C–N with tert-alkyl or cyclic N) is 1. The van der Waals surface area contributed by atoms with Crippen LogP contribution in [0.25, 0.3) is 0 Å². The highest BCUT2D eigenvalue weighted by molar-refractivity contribution is 6.08. The molecule has 1 saturated heterocycles. The number of nitrogens with zero attached hydrogens (tertiary/aromatic N) is 1. The molecule has 150 valence electrons. The summed E-state index contributed by atoms with van der Waals surface area (Å²) in [7, 11) is 0. The number of amides is 3. The fourth-order valence-electron chi connectivity index (χ4n) is 4.02. The first kappa shape index (κ1) is 19.1. The minimum Gasteiger partial charge on any atom is -0.491 e. The van der Waals surface area contributed by atoms with Crippen LogP contribution in [0.3, 0.4) is 0 Å². The number of rotatable bonds is 6. The van der Waals surface area contributed by atoms with Crippen LogP contribution in [0.4, 0.5) is 4.79 Å². The van der Waals surface area contributed by atoms with Gasteiger partial charge in [-0.2, -0.15) is 0 Å². The van der Waals surface area contributed by atoms with Crippen molar-refractivity contribution >= 4 is 17.7 Å². The number of urea groups is 1. The van der Waals surface area contributed by atoms with Gasteiger partial charge in [-0.05, 0) is 43.0 Å². The van der Waals surface area contributed by atoms with E-state index < -0.39 is 17.7 Å². The highest BCUT2D eigenvalue weighted by Crippen LogP contribution is 2.41. The van der Waals surface area contributed by atoms with E-state index in [0.717, 1.165) is 16.0 Å². The van der Waals surface area contributed by atoms with Gasteiger partial charge in [-0.3, -0.25) is 14.5 Å². The largest absolute Gasteiger partial charge is 0.491 e. The lowest BCUT2D eigenvalue weighted by Gasteiger charge is -2.23. The fraction of sp³-hybridized carbons (Fsp3) is 0.318. The molecule has 2 aromatic carbocycles. The monoisotopic (exact) mass is 394 g/mol. The number of aliphatic hydroxyl groups excluding tert-OH is 1. The second kappa shape index (κ2) is 7.33. The van der Waals surface area contributed by atoms with Crippen molar-refractivity contribution in [3.63, 3.8) is 0 Å². The standard InChI is InChI=1S/C22H22N2O5/c1-14(25)16-6-4-7-18(11-16)29-13-17(26)12-24-20(27)22(23-21(24)28)10-9-15-5-2-3-8-19(15)22/h2-8,11,17,26H,9-10,12-13H2,1H3,(H,23,28)/t17-,22-/m0/s1. The molecule has 0 unspecified atom stereocenters. The van der Waals surface area contributed by atoms with E-state index in [4.69, 9.17) is 4.74 Å². The molecule has 0 saturated carbocycles. The first-order valence-electron chi connectivity index (χ1n) is 9.55. The SMILES string of the molecule is CC(=O)c1cccc(OC[C@@H](O)CN2C(=O)N[C@]3(CCc4ccccc43)C2=O)c1. The van der Waals surface area contributed by atoms with Crippen LogP contribution >= 0.6 is 0 Å². The van der Waals surface area contributed by atoms with Crippen molar-refractivity contribution < 1.29 is 24.2 Å². The Morgan fingerprint density at radius 2 is 2.03 bits per heavy atom. The number of nitrogens with one attached hydrogen (secondary N) is 1. The van der Waals surface area contributed by atoms with Crippen LogP contribution in [-0.4, -0.2) is 47.0 Å². The zero-order valence-electron chi connectivity index (χ0n) is 16.1. The summed E-state index contributed by atoms with van der Waals surface area (Å²) in [5, 5.41) is 13.2. The summed E-state index contributed by atoms with van der Waals surface area (Å²) in [5.74, 6) is 0.0118. The average molecular weight is 394 g/mol. The summed E-state index contributed by atoms with van der Waals surface area (Å²) in [4.78, 5) is 38.1. The molecule has 29 heavy (non-hydrogen) atoms. The van der Waals surface area contributed by atoms with E-state index in [2.05, 4.69) is 5.32 Å². The Labute approximate surface area is 168 Å². The predicted molar refractivity (Wildman–Crippen MR) is 105 cm³/mol. The van der Waals surface area contributed by atoms with Crippen molar-refractivity contribution in [2.24, 2.45) is 0 Å². The van der Waals surface area contributed by atoms with Crippen LogP contribution in [0.5, 0.6) is 5.75 Å². The molecule has 7 heteroatoms. The first-order valence-corrected chi connectivity index (χ1v) is 9.55. The molecule has 7 nitrogen and oxygen atoms in total. The lowest BCUT2D eigenvalue weighted by atomic mass is 9.92. The first-order chi connectivity index (χ1) is 13.9. The van der Waals surface area contributed by atoms with Crippen LogP contribution in [0.2, 0.25) is 0 Å². The normalized spacial score (nSPS) is 21.2. The summed E-state index contributed by atoms with van der Waals surface area (Å²) in [6, 6.07) is 13.7. The van der Waals surface area contributed by atoms with Gasteiger partial charge in [0.25, 0.3) is 5.91 Å². The molecule has 4 rings (SSSR count). The Kier molecular flexibility index (Phi) is 4.84. The van der Waals surface area contributed by atoms with Gasteiger partial charge in [0.1, 0.15) is 24.0 Å². The third-order valence-electron chi connectivity index (χ3n) is 5.50. The molecule has 1 fully saturated rings. The van der Waals surface area contributed by atoms with Crippen LogP contribution in [0, 0.1) is 0 Å². The molecular formula is C22H22N2O5. The lowest BCUT2D eigenvalue weighted by Crippen LogP contribution is -2.43. The van der Waals surface area contributed by atoms with Crippen molar-refractivity contribution in [2.75, 3.05) is 13.2 Å². The minimum absolute atomic E-state index is 0.0857. The Bertz CT molecular complexity index is 989. The summed E-state index contributed by atoms with van der Waals surface area (Å²) in [6.45, 7) is 1.19. The number of Topliss-reactive ketones (excluding diaryl/α,β-unsaturated/α-hetero) is 1. The Morgan fingerprint density at radius 3 is 2.83 bits per heavy atom. The quantitative estimate of drug-likeness (QED) is 0.577. The van der Waals surface area contributed by atoms with E-state index in [9.17, 15) is 19.5 Å². The van der Waals surface area contributed by atoms with Gasteiger partial charge in [-0.25, -0.2) is 4.79 Å². The molecule has 1 aliphatic carbocycles. The maximum Gasteiger partial charge on any atom is 0.325 e. The Hall–Kier alpha value is -3.19. The third-order valence-corrected chi connectivity index (χ3v) is 5.50. The molecule has 2 aliphatic rings. The summed E-state index contributed by atoms with van der Waals surface area (Å²) >= 11 is 0. The van der Waals surface area contributed by atoms with E-state index in [1.54, 1.807) is 24.3 Å². The van der Waals surface area contributed by atoms with E-state index in [1.807, 2.05) is 24.3 Å². The smallest absolute Gasteiger partial charge is 0.325 e. The Morgan fingerprint density at radius 1 is 1.24 bits per heavy atom. The van der Waals surface area contributed by atoms with Gasteiger partial charge in [0.05, 0.1) is 6.54 Å². The van der Waals surface area contributed by atoms with E-state index in [-0.39, 0.29) is 24.8 Å². The van der Waals surface area contributed by atoms with Gasteiger partial charge in [-0.1, -0.05) is 36.4 Å². The molecule has 2 aromatic rings. The van der Waals surface area contributed by atoms with Crippen molar-refractivity contribution in [1.82, 2.24) is 10.2 Å². The predicted octanol–water partition coefficient (Wildman–Crippen LogP) is 2.02. The van der Waals surface area contributed by atoms with Gasteiger partial charge in [-0.15, -0.1) is 0 Å².